The van der Waals surface area contributed by atoms with Gasteiger partial charge in [-0.25, -0.2) is 4.79 Å². The highest BCUT2D eigenvalue weighted by atomic mass is 35.5. The van der Waals surface area contributed by atoms with Crippen molar-refractivity contribution in [2.45, 2.75) is 57.2 Å². The van der Waals surface area contributed by atoms with E-state index in [1.165, 1.54) is 35.8 Å². The fourth-order valence-corrected chi connectivity index (χ4v) is 5.25. The first-order chi connectivity index (χ1) is 20.5. The van der Waals surface area contributed by atoms with Gasteiger partial charge < -0.3 is 10.6 Å². The van der Waals surface area contributed by atoms with Crippen LogP contribution < -0.4 is 15.5 Å². The first-order valence-electron chi connectivity index (χ1n) is 13.8. The molecule has 3 aromatic carbocycles. The molecule has 0 bridgehead atoms. The summed E-state index contributed by atoms with van der Waals surface area (Å²) in [6.45, 7) is 0.00639. The molecule has 4 rings (SSSR count). The first kappa shape index (κ1) is 31.7. The van der Waals surface area contributed by atoms with Crippen LogP contribution in [0.5, 0.6) is 0 Å². The molecule has 8 nitrogen and oxygen atoms in total. The van der Waals surface area contributed by atoms with Crippen LogP contribution in [0.1, 0.15) is 71.5 Å². The molecule has 1 fully saturated rings. The number of amides is 4. The maximum Gasteiger partial charge on any atom is 0.417 e. The number of nitrogens with zero attached hydrogens (tertiary/aromatic N) is 2. The van der Waals surface area contributed by atoms with E-state index in [4.69, 9.17) is 11.6 Å². The second kappa shape index (κ2) is 14.3. The summed E-state index contributed by atoms with van der Waals surface area (Å²) in [7, 11) is 0. The first-order valence-corrected chi connectivity index (χ1v) is 14.2. The Kier molecular flexibility index (Phi) is 10.5. The van der Waals surface area contributed by atoms with Gasteiger partial charge in [0.1, 0.15) is 0 Å². The van der Waals surface area contributed by atoms with E-state index in [-0.39, 0.29) is 25.2 Å². The summed E-state index contributed by atoms with van der Waals surface area (Å²) in [5.74, 6) is -0.873. The van der Waals surface area contributed by atoms with Crippen molar-refractivity contribution in [3.63, 3.8) is 0 Å². The minimum Gasteiger partial charge on any atom is -0.352 e. The van der Waals surface area contributed by atoms with Gasteiger partial charge >= 0.3 is 12.2 Å². The van der Waals surface area contributed by atoms with Crippen molar-refractivity contribution in [2.24, 2.45) is 5.18 Å². The van der Waals surface area contributed by atoms with Crippen LogP contribution in [0.15, 0.2) is 71.9 Å². The number of nitrogens with one attached hydrogen (secondary N) is 2. The molecule has 4 amide bonds. The maximum absolute atomic E-state index is 13.5. The van der Waals surface area contributed by atoms with Crippen LogP contribution >= 0.6 is 11.6 Å². The Labute approximate surface area is 251 Å². The number of urea groups is 1. The summed E-state index contributed by atoms with van der Waals surface area (Å²) < 4.78 is 40.2. The number of rotatable bonds is 9. The minimum absolute atomic E-state index is 0.0449. The van der Waals surface area contributed by atoms with Gasteiger partial charge in [0.05, 0.1) is 17.1 Å². The summed E-state index contributed by atoms with van der Waals surface area (Å²) in [5, 5.41) is 6.88. The summed E-state index contributed by atoms with van der Waals surface area (Å²) in [6.07, 6.45) is 0.864. The van der Waals surface area contributed by atoms with Gasteiger partial charge in [0.15, 0.2) is 0 Å². The SMILES string of the molecule is O=NC(=O)CCNC(=O)c1ccc(CN(C(=O)Nc2ccc(Cl)c(C(F)(F)F)c2)c2ccc(C3CCCCC3)cc2)cc1. The van der Waals surface area contributed by atoms with Gasteiger partial charge in [-0.2, -0.15) is 13.2 Å². The highest BCUT2D eigenvalue weighted by Crippen LogP contribution is 2.37. The van der Waals surface area contributed by atoms with E-state index in [0.717, 1.165) is 25.0 Å². The number of hydrogen-bond acceptors (Lipinski definition) is 4. The normalized spacial score (nSPS) is 13.7. The number of anilines is 2. The van der Waals surface area contributed by atoms with Crippen LogP contribution in [0.3, 0.4) is 0 Å². The molecule has 1 aliphatic rings. The standard InChI is InChI=1S/C31H30ClF3N4O4/c32-27-15-12-24(18-26(27)31(33,34)35)37-30(42)39(25-13-10-22(11-14-25)21-4-2-1-3-5-21)19-20-6-8-23(9-7-20)29(41)36-17-16-28(40)38-43/h6-15,18,21H,1-5,16-17,19H2,(H,36,41)(H,37,42). The molecule has 0 radical (unpaired) electrons. The highest BCUT2D eigenvalue weighted by Gasteiger charge is 2.33. The summed E-state index contributed by atoms with van der Waals surface area (Å²) in [4.78, 5) is 48.5. The van der Waals surface area contributed by atoms with Crippen LogP contribution in [0.4, 0.5) is 29.3 Å². The summed E-state index contributed by atoms with van der Waals surface area (Å²) in [5.41, 5.74) is 1.53. The van der Waals surface area contributed by atoms with E-state index < -0.39 is 34.6 Å². The monoisotopic (exact) mass is 614 g/mol. The Morgan fingerprint density at radius 3 is 2.23 bits per heavy atom. The van der Waals surface area contributed by atoms with E-state index in [2.05, 4.69) is 15.8 Å². The molecule has 0 aromatic heterocycles. The van der Waals surface area contributed by atoms with Crippen LogP contribution in [0, 0.1) is 4.91 Å². The molecule has 43 heavy (non-hydrogen) atoms. The van der Waals surface area contributed by atoms with Crippen molar-refractivity contribution in [2.75, 3.05) is 16.8 Å². The lowest BCUT2D eigenvalue weighted by Gasteiger charge is -2.26. The number of nitroso groups, excluding NO2 is 1. The average Bonchev–Trinajstić information content (AvgIpc) is 3.01. The predicted molar refractivity (Wildman–Crippen MR) is 158 cm³/mol. The lowest BCUT2D eigenvalue weighted by molar-refractivity contribution is -0.137. The van der Waals surface area contributed by atoms with Gasteiger partial charge in [0.2, 0.25) is 0 Å². The van der Waals surface area contributed by atoms with Crippen molar-refractivity contribution < 1.29 is 27.6 Å². The quantitative estimate of drug-likeness (QED) is 0.238. The highest BCUT2D eigenvalue weighted by molar-refractivity contribution is 6.31. The third-order valence-electron chi connectivity index (χ3n) is 7.33. The second-order valence-corrected chi connectivity index (χ2v) is 10.7. The molecule has 1 saturated carbocycles. The second-order valence-electron chi connectivity index (χ2n) is 10.3. The van der Waals surface area contributed by atoms with Crippen molar-refractivity contribution >= 4 is 40.8 Å². The molecular weight excluding hydrogens is 585 g/mol. The average molecular weight is 615 g/mol. The number of hydrogen-bond donors (Lipinski definition) is 2. The Hall–Kier alpha value is -4.25. The molecular formula is C31H30ClF3N4O4. The number of benzene rings is 3. The van der Waals surface area contributed by atoms with Crippen molar-refractivity contribution in [3.8, 4) is 0 Å². The zero-order valence-corrected chi connectivity index (χ0v) is 23.9. The predicted octanol–water partition coefficient (Wildman–Crippen LogP) is 8.06. The molecule has 0 spiro atoms. The van der Waals surface area contributed by atoms with Gasteiger partial charge in [-0.3, -0.25) is 14.5 Å². The van der Waals surface area contributed by atoms with Crippen LogP contribution in [0.25, 0.3) is 0 Å². The number of carbonyl (C=O) groups excluding carboxylic acids is 3. The fraction of sp³-hybridized carbons (Fsp3) is 0.323. The van der Waals surface area contributed by atoms with Gasteiger partial charge in [-0.05, 0) is 72.4 Å². The van der Waals surface area contributed by atoms with Gasteiger partial charge in [-0.1, -0.05) is 55.1 Å². The van der Waals surface area contributed by atoms with Gasteiger partial charge in [-0.15, -0.1) is 4.91 Å². The van der Waals surface area contributed by atoms with Crippen molar-refractivity contribution in [1.29, 1.82) is 0 Å². The van der Waals surface area contributed by atoms with Crippen LogP contribution in [-0.2, 0) is 17.5 Å². The lowest BCUT2D eigenvalue weighted by atomic mass is 9.84. The zero-order valence-electron chi connectivity index (χ0n) is 23.1. The number of halogens is 4. The largest absolute Gasteiger partial charge is 0.417 e. The van der Waals surface area contributed by atoms with E-state index in [0.29, 0.717) is 22.7 Å². The molecule has 0 unspecified atom stereocenters. The van der Waals surface area contributed by atoms with Crippen molar-refractivity contribution in [3.05, 3.63) is 98.9 Å². The smallest absolute Gasteiger partial charge is 0.352 e. The Morgan fingerprint density at radius 2 is 1.60 bits per heavy atom. The lowest BCUT2D eigenvalue weighted by Crippen LogP contribution is -2.34. The number of carbonyl (C=O) groups is 3. The van der Waals surface area contributed by atoms with Crippen LogP contribution in [-0.4, -0.2) is 24.4 Å². The third kappa shape index (κ3) is 8.63. The fourth-order valence-electron chi connectivity index (χ4n) is 5.03. The minimum atomic E-state index is -4.69. The molecule has 226 valence electrons. The molecule has 0 atom stereocenters. The molecule has 0 saturated heterocycles. The third-order valence-corrected chi connectivity index (χ3v) is 7.66. The Bertz CT molecular complexity index is 1460. The Morgan fingerprint density at radius 1 is 0.930 bits per heavy atom. The molecule has 0 aliphatic heterocycles. The summed E-state index contributed by atoms with van der Waals surface area (Å²) >= 11 is 5.74. The van der Waals surface area contributed by atoms with E-state index in [1.54, 1.807) is 24.3 Å². The molecule has 3 aromatic rings. The molecule has 0 heterocycles. The van der Waals surface area contributed by atoms with Gasteiger partial charge in [0.25, 0.3) is 11.8 Å². The summed E-state index contributed by atoms with van der Waals surface area (Å²) in [6, 6.07) is 16.5. The molecule has 1 aliphatic carbocycles. The molecule has 2 N–H and O–H groups in total. The number of alkyl halides is 3. The van der Waals surface area contributed by atoms with Crippen LogP contribution in [0.2, 0.25) is 5.02 Å². The van der Waals surface area contributed by atoms with Crippen molar-refractivity contribution in [1.82, 2.24) is 5.32 Å². The molecule has 12 heteroatoms. The maximum atomic E-state index is 13.5. The van der Waals surface area contributed by atoms with E-state index in [1.807, 2.05) is 24.3 Å². The van der Waals surface area contributed by atoms with E-state index >= 15 is 0 Å². The topological polar surface area (TPSA) is 108 Å². The van der Waals surface area contributed by atoms with E-state index in [9.17, 15) is 32.5 Å². The zero-order chi connectivity index (χ0) is 31.0. The van der Waals surface area contributed by atoms with Gasteiger partial charge in [0, 0.05) is 35.1 Å². The Balaban J connectivity index is 1.54.